The summed E-state index contributed by atoms with van der Waals surface area (Å²) in [6, 6.07) is 8.65. The fraction of sp³-hybridized carbons (Fsp3) is 0.588. The zero-order chi connectivity index (χ0) is 14.6. The van der Waals surface area contributed by atoms with Crippen LogP contribution in [0.3, 0.4) is 0 Å². The maximum absolute atomic E-state index is 5.63. The highest BCUT2D eigenvalue weighted by Crippen LogP contribution is 2.39. The van der Waals surface area contributed by atoms with Gasteiger partial charge in [-0.05, 0) is 69.6 Å². The summed E-state index contributed by atoms with van der Waals surface area (Å²) in [6.45, 7) is 2.13. The van der Waals surface area contributed by atoms with Crippen molar-refractivity contribution in [1.29, 1.82) is 0 Å². The van der Waals surface area contributed by atoms with E-state index in [2.05, 4.69) is 46.6 Å². The Morgan fingerprint density at radius 2 is 1.86 bits per heavy atom. The van der Waals surface area contributed by atoms with Crippen LogP contribution in [0, 0.1) is 11.7 Å². The van der Waals surface area contributed by atoms with Crippen LogP contribution in [0.1, 0.15) is 43.7 Å². The predicted octanol–water partition coefficient (Wildman–Crippen LogP) is 4.20. The van der Waals surface area contributed by atoms with Crippen molar-refractivity contribution in [3.8, 4) is 0 Å². The number of benzene rings is 1. The molecule has 0 amide bonds. The second-order valence-corrected chi connectivity index (χ2v) is 7.24. The smallest absolute Gasteiger partial charge is 0.178 e. The molecule has 2 aromatic rings. The molecule has 2 unspecified atom stereocenters. The average Bonchev–Trinajstić information content (AvgIpc) is 2.73. The molecule has 0 spiro atoms. The fourth-order valence-electron chi connectivity index (χ4n) is 4.41. The van der Waals surface area contributed by atoms with Gasteiger partial charge in [-0.15, -0.1) is 0 Å². The van der Waals surface area contributed by atoms with E-state index in [4.69, 9.17) is 12.2 Å². The van der Waals surface area contributed by atoms with E-state index in [1.54, 1.807) is 0 Å². The van der Waals surface area contributed by atoms with Crippen molar-refractivity contribution in [2.24, 2.45) is 0 Å². The molecule has 3 nitrogen and oxygen atoms in total. The van der Waals surface area contributed by atoms with Gasteiger partial charge in [-0.3, -0.25) is 0 Å². The summed E-state index contributed by atoms with van der Waals surface area (Å²) in [5.74, 6) is 0. The molecule has 2 atom stereocenters. The number of nitrogens with zero attached hydrogens (tertiary/aromatic N) is 2. The number of aromatic nitrogens is 2. The number of rotatable bonds is 1. The first-order valence-corrected chi connectivity index (χ1v) is 8.47. The molecule has 0 aliphatic carbocycles. The number of piperidine rings is 2. The molecule has 2 bridgehead atoms. The van der Waals surface area contributed by atoms with Gasteiger partial charge in [0.25, 0.3) is 0 Å². The van der Waals surface area contributed by atoms with Crippen molar-refractivity contribution in [3.05, 3.63) is 28.5 Å². The highest BCUT2D eigenvalue weighted by Gasteiger charge is 2.37. The zero-order valence-electron chi connectivity index (χ0n) is 12.8. The number of nitrogens with one attached hydrogen (secondary N) is 1. The third-order valence-corrected chi connectivity index (χ3v) is 5.85. The highest BCUT2D eigenvalue weighted by molar-refractivity contribution is 7.71. The molecule has 4 heteroatoms. The molecule has 3 heterocycles. The molecule has 1 aromatic heterocycles. The molecule has 2 aliphatic rings. The minimum Gasteiger partial charge on any atom is -0.331 e. The third kappa shape index (κ3) is 2.16. The van der Waals surface area contributed by atoms with Crippen LogP contribution in [0.4, 0.5) is 0 Å². The van der Waals surface area contributed by atoms with Gasteiger partial charge in [-0.25, -0.2) is 0 Å². The molecule has 2 saturated heterocycles. The predicted molar refractivity (Wildman–Crippen MR) is 89.3 cm³/mol. The lowest BCUT2D eigenvalue weighted by molar-refractivity contribution is 0.0407. The first kappa shape index (κ1) is 13.5. The molecule has 0 radical (unpaired) electrons. The van der Waals surface area contributed by atoms with Crippen molar-refractivity contribution in [2.45, 2.75) is 57.2 Å². The monoisotopic (exact) mass is 301 g/mol. The lowest BCUT2D eigenvalue weighted by Gasteiger charge is -2.47. The van der Waals surface area contributed by atoms with Gasteiger partial charge < -0.3 is 14.5 Å². The Morgan fingerprint density at radius 1 is 1.14 bits per heavy atom. The Labute approximate surface area is 131 Å². The second-order valence-electron chi connectivity index (χ2n) is 6.85. The van der Waals surface area contributed by atoms with Crippen molar-refractivity contribution in [2.75, 3.05) is 7.05 Å². The molecule has 4 rings (SSSR count). The summed E-state index contributed by atoms with van der Waals surface area (Å²) in [5.41, 5.74) is 3.74. The number of hydrogen-bond donors (Lipinski definition) is 1. The summed E-state index contributed by atoms with van der Waals surface area (Å²) in [4.78, 5) is 6.02. The van der Waals surface area contributed by atoms with Crippen molar-refractivity contribution >= 4 is 23.3 Å². The third-order valence-electron chi connectivity index (χ3n) is 5.55. The number of hydrogen-bond acceptors (Lipinski definition) is 2. The van der Waals surface area contributed by atoms with Crippen LogP contribution in [0.5, 0.6) is 0 Å². The fourth-order valence-corrected chi connectivity index (χ4v) is 4.76. The van der Waals surface area contributed by atoms with E-state index in [1.165, 1.54) is 48.7 Å². The molecule has 0 saturated carbocycles. The quantitative estimate of drug-likeness (QED) is 0.798. The lowest BCUT2D eigenvalue weighted by Crippen LogP contribution is -2.50. The van der Waals surface area contributed by atoms with Crippen molar-refractivity contribution in [3.63, 3.8) is 0 Å². The summed E-state index contributed by atoms with van der Waals surface area (Å²) in [5, 5.41) is 0. The minimum absolute atomic E-state index is 0.556. The van der Waals surface area contributed by atoms with Gasteiger partial charge in [0.2, 0.25) is 0 Å². The Morgan fingerprint density at radius 3 is 2.57 bits per heavy atom. The van der Waals surface area contributed by atoms with E-state index in [1.807, 2.05) is 0 Å². The maximum Gasteiger partial charge on any atom is 0.178 e. The molecule has 2 fully saturated rings. The molecule has 1 N–H and O–H groups in total. The number of imidazole rings is 1. The van der Waals surface area contributed by atoms with Gasteiger partial charge in [-0.1, -0.05) is 12.5 Å². The van der Waals surface area contributed by atoms with Crippen LogP contribution >= 0.6 is 12.2 Å². The topological polar surface area (TPSA) is 24.0 Å². The number of aromatic amines is 1. The minimum atomic E-state index is 0.556. The first-order valence-electron chi connectivity index (χ1n) is 8.06. The highest BCUT2D eigenvalue weighted by atomic mass is 32.1. The molecule has 1 aromatic carbocycles. The number of aryl methyl sites for hydroxylation is 1. The normalized spacial score (nSPS) is 29.9. The summed E-state index contributed by atoms with van der Waals surface area (Å²) in [6.07, 6.45) is 6.56. The lowest BCUT2D eigenvalue weighted by atomic mass is 9.82. The molecular formula is C17H23N3S. The summed E-state index contributed by atoms with van der Waals surface area (Å²) >= 11 is 5.63. The van der Waals surface area contributed by atoms with Gasteiger partial charge in [0.1, 0.15) is 0 Å². The van der Waals surface area contributed by atoms with Crippen LogP contribution in [0.15, 0.2) is 18.2 Å². The van der Waals surface area contributed by atoms with Gasteiger partial charge in [0, 0.05) is 18.1 Å². The standard InChI is InChI=1S/C17H23N3S/c1-11-6-7-16-15(8-11)18-17(21)20(16)14-9-12-4-3-5-13(10-14)19(12)2/h6-8,12-14H,3-5,9-10H2,1-2H3,(H,18,21). The maximum atomic E-state index is 5.63. The largest absolute Gasteiger partial charge is 0.331 e. The molecule has 21 heavy (non-hydrogen) atoms. The molecule has 2 aliphatic heterocycles. The van der Waals surface area contributed by atoms with Crippen LogP contribution in [-0.4, -0.2) is 33.6 Å². The van der Waals surface area contributed by atoms with Gasteiger partial charge in [0.05, 0.1) is 11.0 Å². The first-order chi connectivity index (χ1) is 10.1. The van der Waals surface area contributed by atoms with E-state index in [0.29, 0.717) is 6.04 Å². The Bertz CT molecular complexity index is 715. The number of H-pyrrole nitrogens is 1. The summed E-state index contributed by atoms with van der Waals surface area (Å²) in [7, 11) is 2.31. The van der Waals surface area contributed by atoms with E-state index in [9.17, 15) is 0 Å². The van der Waals surface area contributed by atoms with Gasteiger partial charge >= 0.3 is 0 Å². The van der Waals surface area contributed by atoms with E-state index in [0.717, 1.165) is 16.9 Å². The van der Waals surface area contributed by atoms with Gasteiger partial charge in [-0.2, -0.15) is 0 Å². The summed E-state index contributed by atoms with van der Waals surface area (Å²) < 4.78 is 3.28. The number of fused-ring (bicyclic) bond motifs is 3. The van der Waals surface area contributed by atoms with Crippen molar-refractivity contribution < 1.29 is 0 Å². The average molecular weight is 301 g/mol. The van der Waals surface area contributed by atoms with Gasteiger partial charge in [0.15, 0.2) is 4.77 Å². The SMILES string of the molecule is Cc1ccc2c(c1)[nH]c(=S)n2C1CC2CCCC(C1)N2C. The van der Waals surface area contributed by atoms with Crippen LogP contribution in [-0.2, 0) is 0 Å². The molecular weight excluding hydrogens is 278 g/mol. The van der Waals surface area contributed by atoms with E-state index in [-0.39, 0.29) is 0 Å². The Balaban J connectivity index is 1.77. The Kier molecular flexibility index (Phi) is 3.19. The van der Waals surface area contributed by atoms with Crippen molar-refractivity contribution in [1.82, 2.24) is 14.5 Å². The van der Waals surface area contributed by atoms with E-state index >= 15 is 0 Å². The van der Waals surface area contributed by atoms with Crippen LogP contribution in [0.25, 0.3) is 11.0 Å². The Hall–Kier alpha value is -1.13. The van der Waals surface area contributed by atoms with Crippen LogP contribution < -0.4 is 0 Å². The second kappa shape index (κ2) is 4.96. The molecule has 112 valence electrons. The van der Waals surface area contributed by atoms with E-state index < -0.39 is 0 Å². The zero-order valence-corrected chi connectivity index (χ0v) is 13.6. The van der Waals surface area contributed by atoms with Crippen LogP contribution in [0.2, 0.25) is 0 Å².